The van der Waals surface area contributed by atoms with Crippen LogP contribution in [-0.4, -0.2) is 11.8 Å². The number of benzene rings is 2. The number of nitrogens with one attached hydrogen (secondary N) is 1. The highest BCUT2D eigenvalue weighted by Gasteiger charge is 2.26. The summed E-state index contributed by atoms with van der Waals surface area (Å²) in [4.78, 5) is 22.3. The van der Waals surface area contributed by atoms with Crippen LogP contribution in [0, 0.1) is 17.6 Å². The highest BCUT2D eigenvalue weighted by molar-refractivity contribution is 6.31. The second-order valence-corrected chi connectivity index (χ2v) is 7.07. The molecule has 2 aromatic carbocycles. The summed E-state index contributed by atoms with van der Waals surface area (Å²) in [6, 6.07) is 6.77. The smallest absolute Gasteiger partial charge is 0.255 e. The summed E-state index contributed by atoms with van der Waals surface area (Å²) in [6.45, 7) is 0. The predicted octanol–water partition coefficient (Wildman–Crippen LogP) is 4.24. The van der Waals surface area contributed by atoms with Crippen molar-refractivity contribution < 1.29 is 18.4 Å². The molecule has 0 unspecified atom stereocenters. The maximum atomic E-state index is 13.7. The minimum atomic E-state index is -0.544. The first-order valence-electron chi connectivity index (χ1n) is 8.72. The van der Waals surface area contributed by atoms with E-state index in [1.165, 1.54) is 30.3 Å². The van der Waals surface area contributed by atoms with Crippen LogP contribution in [-0.2, 0) is 17.6 Å². The summed E-state index contributed by atoms with van der Waals surface area (Å²) in [5, 5.41) is 2.60. The van der Waals surface area contributed by atoms with Crippen LogP contribution in [0.15, 0.2) is 30.3 Å². The largest absolute Gasteiger partial charge is 0.369 e. The maximum Gasteiger partial charge on any atom is 0.255 e. The highest BCUT2D eigenvalue weighted by atomic mass is 35.5. The third kappa shape index (κ3) is 4.63. The number of halogens is 3. The molecule has 3 N–H and O–H groups in total. The standard InChI is InChI=1S/C16H12ClF2NO.C4H7NO/c17-13-8-9(4-6-15(13)19)20-16(21)12-5-7-14(18)11-3-1-2-10(11)12;5-4(6)3-1-2-3/h4-8H,1-3H2,(H,20,21);3H,1-2H2,(H2,5,6). The Kier molecular flexibility index (Phi) is 5.75. The van der Waals surface area contributed by atoms with Crippen LogP contribution in [0.2, 0.25) is 5.02 Å². The van der Waals surface area contributed by atoms with Crippen molar-refractivity contribution >= 4 is 29.1 Å². The number of anilines is 1. The molecule has 27 heavy (non-hydrogen) atoms. The molecule has 7 heteroatoms. The lowest BCUT2D eigenvalue weighted by molar-refractivity contribution is -0.119. The summed E-state index contributed by atoms with van der Waals surface area (Å²) in [6.07, 6.45) is 4.24. The van der Waals surface area contributed by atoms with E-state index in [0.717, 1.165) is 24.8 Å². The fraction of sp³-hybridized carbons (Fsp3) is 0.300. The Hall–Kier alpha value is -2.47. The van der Waals surface area contributed by atoms with Gasteiger partial charge in [0.25, 0.3) is 5.91 Å². The molecule has 4 rings (SSSR count). The minimum absolute atomic E-state index is 0.0582. The molecular weight excluding hydrogens is 374 g/mol. The number of hydrogen-bond acceptors (Lipinski definition) is 2. The number of fused-ring (bicyclic) bond motifs is 1. The van der Waals surface area contributed by atoms with Gasteiger partial charge in [-0.1, -0.05) is 11.6 Å². The summed E-state index contributed by atoms with van der Waals surface area (Å²) in [5.41, 5.74) is 7.12. The van der Waals surface area contributed by atoms with Gasteiger partial charge in [0.15, 0.2) is 0 Å². The van der Waals surface area contributed by atoms with E-state index in [1.54, 1.807) is 0 Å². The van der Waals surface area contributed by atoms with Crippen molar-refractivity contribution in [1.29, 1.82) is 0 Å². The van der Waals surface area contributed by atoms with Gasteiger partial charge in [-0.25, -0.2) is 8.78 Å². The van der Waals surface area contributed by atoms with Crippen LogP contribution < -0.4 is 11.1 Å². The third-order valence-electron chi connectivity index (χ3n) is 4.63. The number of amides is 2. The van der Waals surface area contributed by atoms with Gasteiger partial charge in [-0.3, -0.25) is 9.59 Å². The molecule has 0 spiro atoms. The molecule has 0 heterocycles. The molecule has 2 aliphatic rings. The first kappa shape index (κ1) is 19.3. The highest BCUT2D eigenvalue weighted by Crippen LogP contribution is 2.29. The van der Waals surface area contributed by atoms with Gasteiger partial charge in [0.05, 0.1) is 5.02 Å². The van der Waals surface area contributed by atoms with Gasteiger partial charge in [-0.05, 0) is 73.6 Å². The van der Waals surface area contributed by atoms with Crippen LogP contribution in [0.25, 0.3) is 0 Å². The van der Waals surface area contributed by atoms with E-state index in [2.05, 4.69) is 5.32 Å². The molecule has 1 fully saturated rings. The van der Waals surface area contributed by atoms with Gasteiger partial charge in [0.1, 0.15) is 11.6 Å². The van der Waals surface area contributed by atoms with E-state index >= 15 is 0 Å². The normalized spacial score (nSPS) is 14.8. The molecule has 0 saturated heterocycles. The van der Waals surface area contributed by atoms with E-state index in [9.17, 15) is 18.4 Å². The molecule has 0 radical (unpaired) electrons. The lowest BCUT2D eigenvalue weighted by Crippen LogP contribution is -2.14. The molecule has 0 aliphatic heterocycles. The fourth-order valence-electron chi connectivity index (χ4n) is 3.02. The molecule has 142 valence electrons. The van der Waals surface area contributed by atoms with Gasteiger partial charge in [-0.15, -0.1) is 0 Å². The summed E-state index contributed by atoms with van der Waals surface area (Å²) < 4.78 is 26.8. The minimum Gasteiger partial charge on any atom is -0.369 e. The Morgan fingerprint density at radius 1 is 1.04 bits per heavy atom. The molecule has 0 aromatic heterocycles. The second-order valence-electron chi connectivity index (χ2n) is 6.67. The Labute approximate surface area is 160 Å². The second kappa shape index (κ2) is 8.05. The molecule has 2 amide bonds. The van der Waals surface area contributed by atoms with Crippen molar-refractivity contribution in [3.63, 3.8) is 0 Å². The zero-order valence-electron chi connectivity index (χ0n) is 14.5. The van der Waals surface area contributed by atoms with E-state index < -0.39 is 5.82 Å². The monoisotopic (exact) mass is 392 g/mol. The molecule has 2 aliphatic carbocycles. The number of nitrogens with two attached hydrogens (primary N) is 1. The van der Waals surface area contributed by atoms with Gasteiger partial charge < -0.3 is 11.1 Å². The predicted molar refractivity (Wildman–Crippen MR) is 99.7 cm³/mol. The molecule has 2 aromatic rings. The Morgan fingerprint density at radius 2 is 1.70 bits per heavy atom. The summed E-state index contributed by atoms with van der Waals surface area (Å²) in [5.74, 6) is -1.03. The third-order valence-corrected chi connectivity index (χ3v) is 4.92. The van der Waals surface area contributed by atoms with Crippen molar-refractivity contribution in [2.45, 2.75) is 32.1 Å². The number of rotatable bonds is 3. The Bertz CT molecular complexity index is 898. The lowest BCUT2D eigenvalue weighted by Gasteiger charge is -2.10. The van der Waals surface area contributed by atoms with Crippen molar-refractivity contribution in [1.82, 2.24) is 0 Å². The van der Waals surface area contributed by atoms with Crippen LogP contribution in [0.3, 0.4) is 0 Å². The van der Waals surface area contributed by atoms with Crippen LogP contribution in [0.5, 0.6) is 0 Å². The first-order chi connectivity index (χ1) is 12.9. The molecule has 0 atom stereocenters. The number of carbonyl (C=O) groups is 2. The van der Waals surface area contributed by atoms with E-state index in [1.807, 2.05) is 0 Å². The van der Waals surface area contributed by atoms with E-state index in [4.69, 9.17) is 17.3 Å². The van der Waals surface area contributed by atoms with Crippen molar-refractivity contribution in [2.75, 3.05) is 5.32 Å². The number of hydrogen-bond donors (Lipinski definition) is 2. The number of carbonyl (C=O) groups excluding carboxylic acids is 2. The van der Waals surface area contributed by atoms with Gasteiger partial charge in [0.2, 0.25) is 5.91 Å². The Balaban J connectivity index is 0.000000299. The number of primary amides is 1. The van der Waals surface area contributed by atoms with Gasteiger partial charge in [0, 0.05) is 17.2 Å². The van der Waals surface area contributed by atoms with Crippen molar-refractivity contribution in [2.24, 2.45) is 11.7 Å². The van der Waals surface area contributed by atoms with Crippen molar-refractivity contribution in [3.05, 3.63) is 63.7 Å². The lowest BCUT2D eigenvalue weighted by atomic mass is 10.0. The van der Waals surface area contributed by atoms with E-state index in [0.29, 0.717) is 29.7 Å². The zero-order chi connectivity index (χ0) is 19.6. The average Bonchev–Trinajstić information content (AvgIpc) is 3.37. The average molecular weight is 393 g/mol. The molecule has 0 bridgehead atoms. The van der Waals surface area contributed by atoms with Crippen molar-refractivity contribution in [3.8, 4) is 0 Å². The molecule has 4 nitrogen and oxygen atoms in total. The summed E-state index contributed by atoms with van der Waals surface area (Å²) in [7, 11) is 0. The van der Waals surface area contributed by atoms with Crippen LogP contribution in [0.4, 0.5) is 14.5 Å². The van der Waals surface area contributed by atoms with Crippen LogP contribution in [0.1, 0.15) is 40.7 Å². The quantitative estimate of drug-likeness (QED) is 0.820. The van der Waals surface area contributed by atoms with Gasteiger partial charge >= 0.3 is 0 Å². The maximum absolute atomic E-state index is 13.7. The summed E-state index contributed by atoms with van der Waals surface area (Å²) >= 11 is 5.68. The molecular formula is C20H19ClF2N2O2. The van der Waals surface area contributed by atoms with Crippen LogP contribution >= 0.6 is 11.6 Å². The van der Waals surface area contributed by atoms with Gasteiger partial charge in [-0.2, -0.15) is 0 Å². The topological polar surface area (TPSA) is 72.2 Å². The fourth-order valence-corrected chi connectivity index (χ4v) is 3.20. The SMILES string of the molecule is NC(=O)C1CC1.O=C(Nc1ccc(F)c(Cl)c1)c1ccc(F)c2c1CCC2. The zero-order valence-corrected chi connectivity index (χ0v) is 15.3. The Morgan fingerprint density at radius 3 is 2.30 bits per heavy atom. The molecule has 1 saturated carbocycles. The van der Waals surface area contributed by atoms with E-state index in [-0.39, 0.29) is 28.6 Å². The first-order valence-corrected chi connectivity index (χ1v) is 9.10.